The van der Waals surface area contributed by atoms with Crippen LogP contribution in [0.4, 0.5) is 0 Å². The van der Waals surface area contributed by atoms with E-state index in [2.05, 4.69) is 15.0 Å². The lowest BCUT2D eigenvalue weighted by atomic mass is 10.2. The van der Waals surface area contributed by atoms with Gasteiger partial charge in [-0.25, -0.2) is 13.4 Å². The number of sulfone groups is 1. The summed E-state index contributed by atoms with van der Waals surface area (Å²) in [6, 6.07) is 11.6. The summed E-state index contributed by atoms with van der Waals surface area (Å²) in [5.74, 6) is 0.109. The molecule has 0 aliphatic carbocycles. The first-order chi connectivity index (χ1) is 13.3. The molecule has 7 nitrogen and oxygen atoms in total. The maximum Gasteiger partial charge on any atom is 0.228 e. The molecule has 3 rings (SSSR count). The molecule has 0 saturated heterocycles. The van der Waals surface area contributed by atoms with E-state index in [1.807, 2.05) is 61.9 Å². The van der Waals surface area contributed by atoms with Crippen LogP contribution in [0.5, 0.6) is 0 Å². The highest BCUT2D eigenvalue weighted by molar-refractivity contribution is 7.91. The van der Waals surface area contributed by atoms with Gasteiger partial charge in [-0.15, -0.1) is 0 Å². The smallest absolute Gasteiger partial charge is 0.228 e. The highest BCUT2D eigenvalue weighted by Crippen LogP contribution is 2.19. The molecule has 0 bridgehead atoms. The van der Waals surface area contributed by atoms with Crippen molar-refractivity contribution in [1.29, 1.82) is 0 Å². The highest BCUT2D eigenvalue weighted by atomic mass is 32.2. The molecule has 8 heteroatoms. The first-order valence-corrected chi connectivity index (χ1v) is 10.9. The lowest BCUT2D eigenvalue weighted by Gasteiger charge is -2.18. The number of hydrogen-bond acceptors (Lipinski definition) is 6. The Kier molecular flexibility index (Phi) is 6.31. The van der Waals surface area contributed by atoms with Gasteiger partial charge in [0.2, 0.25) is 15.0 Å². The van der Waals surface area contributed by atoms with E-state index in [-0.39, 0.29) is 16.8 Å². The van der Waals surface area contributed by atoms with Crippen LogP contribution in [-0.4, -0.2) is 40.8 Å². The van der Waals surface area contributed by atoms with E-state index < -0.39 is 9.84 Å². The number of rotatable bonds is 9. The van der Waals surface area contributed by atoms with Crippen LogP contribution >= 0.6 is 0 Å². The van der Waals surface area contributed by atoms with Crippen molar-refractivity contribution < 1.29 is 12.9 Å². The molecule has 0 atom stereocenters. The van der Waals surface area contributed by atoms with Gasteiger partial charge in [0.1, 0.15) is 6.26 Å². The molecule has 0 unspecified atom stereocenters. The van der Waals surface area contributed by atoms with Gasteiger partial charge in [-0.3, -0.25) is 4.90 Å². The molecule has 150 valence electrons. The van der Waals surface area contributed by atoms with Gasteiger partial charge in [-0.1, -0.05) is 49.3 Å². The minimum atomic E-state index is -3.47. The number of aromatic nitrogens is 3. The number of benzene rings is 1. The summed E-state index contributed by atoms with van der Waals surface area (Å²) in [4.78, 5) is 6.35. The van der Waals surface area contributed by atoms with Crippen molar-refractivity contribution in [2.24, 2.45) is 5.92 Å². The van der Waals surface area contributed by atoms with Gasteiger partial charge in [0.15, 0.2) is 0 Å². The van der Waals surface area contributed by atoms with Gasteiger partial charge in [0.05, 0.1) is 29.9 Å². The van der Waals surface area contributed by atoms with Crippen molar-refractivity contribution in [3.05, 3.63) is 65.8 Å². The van der Waals surface area contributed by atoms with E-state index in [4.69, 9.17) is 4.52 Å². The monoisotopic (exact) mass is 402 g/mol. The van der Waals surface area contributed by atoms with Gasteiger partial charge < -0.3 is 9.09 Å². The molecule has 0 amide bonds. The van der Waals surface area contributed by atoms with Crippen molar-refractivity contribution in [2.45, 2.75) is 38.6 Å². The SMILES string of the molecule is CC(C)CS(=O)(=O)c1ncc(CN(C)Cc2ccon2)n1Cc1ccccc1. The van der Waals surface area contributed by atoms with Crippen LogP contribution in [0.3, 0.4) is 0 Å². The second-order valence-corrected chi connectivity index (χ2v) is 9.37. The molecule has 0 fully saturated rings. The molecule has 0 N–H and O–H groups in total. The molecule has 0 saturated carbocycles. The molecule has 0 radical (unpaired) electrons. The number of imidazole rings is 1. The molecule has 0 aliphatic rings. The summed E-state index contributed by atoms with van der Waals surface area (Å²) < 4.78 is 32.5. The number of nitrogens with zero attached hydrogens (tertiary/aromatic N) is 4. The fourth-order valence-corrected chi connectivity index (χ4v) is 4.90. The Morgan fingerprint density at radius 3 is 2.54 bits per heavy atom. The van der Waals surface area contributed by atoms with Crippen molar-refractivity contribution in [3.8, 4) is 0 Å². The van der Waals surface area contributed by atoms with Crippen molar-refractivity contribution in [2.75, 3.05) is 12.8 Å². The summed E-state index contributed by atoms with van der Waals surface area (Å²) in [5, 5.41) is 4.06. The van der Waals surface area contributed by atoms with Crippen molar-refractivity contribution >= 4 is 9.84 Å². The first-order valence-electron chi connectivity index (χ1n) is 9.24. The normalized spacial score (nSPS) is 12.2. The maximum atomic E-state index is 12.9. The minimum absolute atomic E-state index is 0.0326. The summed E-state index contributed by atoms with van der Waals surface area (Å²) in [6.07, 6.45) is 3.20. The van der Waals surface area contributed by atoms with E-state index >= 15 is 0 Å². The summed E-state index contributed by atoms with van der Waals surface area (Å²) >= 11 is 0. The third kappa shape index (κ3) is 5.08. The average molecular weight is 403 g/mol. The summed E-state index contributed by atoms with van der Waals surface area (Å²) in [5.41, 5.74) is 2.70. The van der Waals surface area contributed by atoms with E-state index in [0.717, 1.165) is 17.0 Å². The fraction of sp³-hybridized carbons (Fsp3) is 0.400. The van der Waals surface area contributed by atoms with Crippen LogP contribution < -0.4 is 0 Å². The Morgan fingerprint density at radius 1 is 1.14 bits per heavy atom. The van der Waals surface area contributed by atoms with Crippen LogP contribution in [0.15, 0.2) is 58.5 Å². The van der Waals surface area contributed by atoms with E-state index in [1.54, 1.807) is 12.5 Å². The second kappa shape index (κ2) is 8.70. The molecule has 1 aromatic carbocycles. The molecule has 2 heterocycles. The second-order valence-electron chi connectivity index (χ2n) is 7.44. The Hall–Kier alpha value is -2.45. The van der Waals surface area contributed by atoms with E-state index in [0.29, 0.717) is 19.6 Å². The van der Waals surface area contributed by atoms with Crippen LogP contribution in [0.25, 0.3) is 0 Å². The van der Waals surface area contributed by atoms with Gasteiger partial charge in [0.25, 0.3) is 0 Å². The van der Waals surface area contributed by atoms with E-state index in [9.17, 15) is 8.42 Å². The molecule has 3 aromatic rings. The summed E-state index contributed by atoms with van der Waals surface area (Å²) in [6.45, 7) is 5.40. The standard InChI is InChI=1S/C20H26N4O3S/c1-16(2)15-28(25,26)20-21-11-19(14-23(3)13-18-9-10-27-22-18)24(20)12-17-7-5-4-6-8-17/h4-11,16H,12-15H2,1-3H3. The average Bonchev–Trinajstić information content (AvgIpc) is 3.25. The summed E-state index contributed by atoms with van der Waals surface area (Å²) in [7, 11) is -1.51. The zero-order valence-electron chi connectivity index (χ0n) is 16.4. The first kappa shape index (κ1) is 20.3. The van der Waals surface area contributed by atoms with Gasteiger partial charge in [0, 0.05) is 19.2 Å². The van der Waals surface area contributed by atoms with Crippen molar-refractivity contribution in [3.63, 3.8) is 0 Å². The van der Waals surface area contributed by atoms with Gasteiger partial charge in [-0.05, 0) is 18.5 Å². The zero-order chi connectivity index (χ0) is 20.1. The molecular weight excluding hydrogens is 376 g/mol. The number of hydrogen-bond donors (Lipinski definition) is 0. The van der Waals surface area contributed by atoms with Crippen LogP contribution in [0, 0.1) is 5.92 Å². The van der Waals surface area contributed by atoms with Gasteiger partial charge >= 0.3 is 0 Å². The Morgan fingerprint density at radius 2 is 1.89 bits per heavy atom. The minimum Gasteiger partial charge on any atom is -0.364 e. The molecule has 0 aliphatic heterocycles. The molecule has 28 heavy (non-hydrogen) atoms. The van der Waals surface area contributed by atoms with Crippen LogP contribution in [-0.2, 0) is 29.5 Å². The third-order valence-electron chi connectivity index (χ3n) is 4.27. The van der Waals surface area contributed by atoms with Crippen molar-refractivity contribution in [1.82, 2.24) is 19.6 Å². The largest absolute Gasteiger partial charge is 0.364 e. The Labute approximate surface area is 165 Å². The highest BCUT2D eigenvalue weighted by Gasteiger charge is 2.25. The van der Waals surface area contributed by atoms with Crippen LogP contribution in [0.2, 0.25) is 0 Å². The van der Waals surface area contributed by atoms with E-state index in [1.165, 1.54) is 0 Å². The predicted octanol–water partition coefficient (Wildman–Crippen LogP) is 2.98. The van der Waals surface area contributed by atoms with Crippen LogP contribution in [0.1, 0.15) is 30.8 Å². The fourth-order valence-electron chi connectivity index (χ4n) is 3.14. The quantitative estimate of drug-likeness (QED) is 0.547. The molecule has 0 spiro atoms. The lowest BCUT2D eigenvalue weighted by molar-refractivity contribution is 0.295. The molecule has 2 aromatic heterocycles. The van der Waals surface area contributed by atoms with Gasteiger partial charge in [-0.2, -0.15) is 0 Å². The lowest BCUT2D eigenvalue weighted by Crippen LogP contribution is -2.22. The maximum absolute atomic E-state index is 12.9. The molecular formula is C20H26N4O3S. The topological polar surface area (TPSA) is 81.2 Å². The third-order valence-corrected chi connectivity index (χ3v) is 6.26. The Balaban J connectivity index is 1.90. The predicted molar refractivity (Wildman–Crippen MR) is 106 cm³/mol. The zero-order valence-corrected chi connectivity index (χ0v) is 17.3. The Bertz CT molecular complexity index is 980.